The summed E-state index contributed by atoms with van der Waals surface area (Å²) in [6.45, 7) is 12.9. The van der Waals surface area contributed by atoms with Gasteiger partial charge in [-0.25, -0.2) is 9.97 Å². The summed E-state index contributed by atoms with van der Waals surface area (Å²) in [5.74, 6) is 1.60. The molecule has 1 atom stereocenters. The summed E-state index contributed by atoms with van der Waals surface area (Å²) >= 11 is 0. The number of para-hydroxylation sites is 2. The molecule has 51 heavy (non-hydrogen) atoms. The van der Waals surface area contributed by atoms with Gasteiger partial charge in [-0.1, -0.05) is 85.3 Å². The highest BCUT2D eigenvalue weighted by Gasteiger charge is 2.49. The van der Waals surface area contributed by atoms with Crippen LogP contribution in [0.1, 0.15) is 63.5 Å². The molecule has 8 heteroatoms. The van der Waals surface area contributed by atoms with Gasteiger partial charge in [0.25, 0.3) is 10.1 Å². The molecule has 260 valence electrons. The molecule has 1 aliphatic carbocycles. The maximum atomic E-state index is 12.8. The molecule has 0 spiro atoms. The van der Waals surface area contributed by atoms with Gasteiger partial charge < -0.3 is 9.47 Å². The van der Waals surface area contributed by atoms with E-state index < -0.39 is 15.5 Å². The van der Waals surface area contributed by atoms with Gasteiger partial charge in [-0.3, -0.25) is 4.18 Å². The Morgan fingerprint density at radius 1 is 0.627 bits per heavy atom. The fourth-order valence-electron chi connectivity index (χ4n) is 7.40. The normalized spacial score (nSPS) is 15.1. The zero-order valence-corrected chi connectivity index (χ0v) is 30.7. The largest absolute Gasteiger partial charge is 0.493 e. The van der Waals surface area contributed by atoms with Crippen LogP contribution in [0.3, 0.4) is 0 Å². The van der Waals surface area contributed by atoms with Gasteiger partial charge in [0.05, 0.1) is 39.3 Å². The molecule has 0 saturated carbocycles. The first kappa shape index (κ1) is 34.4. The van der Waals surface area contributed by atoms with Crippen LogP contribution in [0.25, 0.3) is 22.3 Å². The fraction of sp³-hybridized carbons (Fsp3) is 0.256. The topological polar surface area (TPSA) is 87.6 Å². The van der Waals surface area contributed by atoms with E-state index >= 15 is 0 Å². The third kappa shape index (κ3) is 6.06. The van der Waals surface area contributed by atoms with Crippen LogP contribution in [0.4, 0.5) is 0 Å². The van der Waals surface area contributed by atoms with Crippen LogP contribution in [0.2, 0.25) is 0 Å². The van der Waals surface area contributed by atoms with Crippen molar-refractivity contribution < 1.29 is 22.1 Å². The molecule has 0 aliphatic heterocycles. The lowest BCUT2D eigenvalue weighted by Crippen LogP contribution is -2.30. The van der Waals surface area contributed by atoms with Gasteiger partial charge in [-0.15, -0.1) is 0 Å². The van der Waals surface area contributed by atoms with E-state index in [1.807, 2.05) is 45.0 Å². The van der Waals surface area contributed by atoms with Crippen molar-refractivity contribution in [1.82, 2.24) is 9.97 Å². The first-order valence-corrected chi connectivity index (χ1v) is 18.8. The van der Waals surface area contributed by atoms with Crippen LogP contribution in [-0.4, -0.2) is 38.2 Å². The summed E-state index contributed by atoms with van der Waals surface area (Å²) in [5.41, 5.74) is 11.9. The molecule has 1 unspecified atom stereocenters. The van der Waals surface area contributed by atoms with Gasteiger partial charge in [-0.2, -0.15) is 8.42 Å². The predicted octanol–water partition coefficient (Wildman–Crippen LogP) is 9.11. The lowest BCUT2D eigenvalue weighted by molar-refractivity contribution is 0.219. The minimum Gasteiger partial charge on any atom is -0.493 e. The van der Waals surface area contributed by atoms with Crippen LogP contribution < -0.4 is 9.47 Å². The standard InChI is InChI=1S/C43H42N2O5S/c1-7-20-48-40-28(3)23-32(24-29(40)4)43(36-13-9-8-12-35(36)39-42(43)45-38-15-11-10-14-37(38)44-39)33-25-30(5)41(31(6)26-33)49-21-22-50-51(46,47)34-18-16-27(2)17-19-34/h8-19,23-26H,7,20-22H2,1-6H3. The lowest BCUT2D eigenvalue weighted by Gasteiger charge is -2.34. The van der Waals surface area contributed by atoms with Gasteiger partial charge in [0.15, 0.2) is 0 Å². The van der Waals surface area contributed by atoms with Gasteiger partial charge in [0.2, 0.25) is 0 Å². The SMILES string of the molecule is CCCOc1c(C)cc(C2(c3cc(C)c(OCCOS(=O)(=O)c4ccc(C)cc4)c(C)c3)c3ccccc3-c3nc4ccccc4nc32)cc1C. The van der Waals surface area contributed by atoms with Crippen molar-refractivity contribution in [1.29, 1.82) is 0 Å². The number of aromatic nitrogens is 2. The van der Waals surface area contributed by atoms with Crippen molar-refractivity contribution in [2.24, 2.45) is 0 Å². The molecule has 0 amide bonds. The van der Waals surface area contributed by atoms with E-state index in [-0.39, 0.29) is 18.1 Å². The highest BCUT2D eigenvalue weighted by atomic mass is 32.2. The number of ether oxygens (including phenoxy) is 2. The van der Waals surface area contributed by atoms with Crippen LogP contribution in [0, 0.1) is 34.6 Å². The van der Waals surface area contributed by atoms with Crippen molar-refractivity contribution in [3.05, 3.63) is 147 Å². The third-order valence-corrected chi connectivity index (χ3v) is 11.0. The van der Waals surface area contributed by atoms with Crippen LogP contribution in [-0.2, 0) is 19.7 Å². The summed E-state index contributed by atoms with van der Waals surface area (Å²) < 4.78 is 43.3. The van der Waals surface area contributed by atoms with Crippen LogP contribution in [0.15, 0.2) is 102 Å². The molecule has 0 saturated heterocycles. The molecule has 1 aromatic heterocycles. The average Bonchev–Trinajstić information content (AvgIpc) is 3.39. The van der Waals surface area contributed by atoms with Gasteiger partial charge in [-0.05, 0) is 104 Å². The molecule has 7 rings (SSSR count). The molecule has 0 radical (unpaired) electrons. The van der Waals surface area contributed by atoms with Gasteiger partial charge in [0, 0.05) is 5.56 Å². The Hall–Kier alpha value is -5.05. The Morgan fingerprint density at radius 3 is 1.75 bits per heavy atom. The Bertz CT molecular complexity index is 2340. The summed E-state index contributed by atoms with van der Waals surface area (Å²) in [5, 5.41) is 0. The Kier molecular flexibility index (Phi) is 9.16. The lowest BCUT2D eigenvalue weighted by atomic mass is 9.68. The quantitative estimate of drug-likeness (QED) is 0.0984. The Balaban J connectivity index is 1.34. The van der Waals surface area contributed by atoms with Crippen molar-refractivity contribution in [2.75, 3.05) is 19.8 Å². The number of fused-ring (bicyclic) bond motifs is 4. The summed E-state index contributed by atoms with van der Waals surface area (Å²) in [6, 6.07) is 31.9. The number of hydrogen-bond donors (Lipinski definition) is 0. The molecule has 0 bridgehead atoms. The second-order valence-electron chi connectivity index (χ2n) is 13.4. The van der Waals surface area contributed by atoms with Crippen molar-refractivity contribution in [3.8, 4) is 22.8 Å². The van der Waals surface area contributed by atoms with Gasteiger partial charge >= 0.3 is 0 Å². The molecular formula is C43H42N2O5S. The maximum absolute atomic E-state index is 12.8. The fourth-order valence-corrected chi connectivity index (χ4v) is 8.29. The van der Waals surface area contributed by atoms with E-state index in [4.69, 9.17) is 23.6 Å². The molecule has 0 N–H and O–H groups in total. The van der Waals surface area contributed by atoms with E-state index in [0.29, 0.717) is 12.4 Å². The molecule has 0 fully saturated rings. The van der Waals surface area contributed by atoms with E-state index in [1.54, 1.807) is 24.3 Å². The second-order valence-corrected chi connectivity index (χ2v) is 15.0. The number of aryl methyl sites for hydroxylation is 5. The van der Waals surface area contributed by atoms with Crippen molar-refractivity contribution in [2.45, 2.75) is 58.3 Å². The first-order valence-electron chi connectivity index (χ1n) is 17.4. The van der Waals surface area contributed by atoms with Gasteiger partial charge in [0.1, 0.15) is 24.7 Å². The number of hydrogen-bond acceptors (Lipinski definition) is 7. The Morgan fingerprint density at radius 2 is 1.16 bits per heavy atom. The average molecular weight is 699 g/mol. The third-order valence-electron chi connectivity index (χ3n) is 9.63. The minimum atomic E-state index is -3.90. The summed E-state index contributed by atoms with van der Waals surface area (Å²) in [4.78, 5) is 10.8. The summed E-state index contributed by atoms with van der Waals surface area (Å²) in [6.07, 6.45) is 0.926. The molecule has 1 aliphatic rings. The number of rotatable bonds is 11. The second kappa shape index (κ2) is 13.6. The molecule has 7 nitrogen and oxygen atoms in total. The van der Waals surface area contributed by atoms with E-state index in [2.05, 4.69) is 69.3 Å². The smallest absolute Gasteiger partial charge is 0.297 e. The highest BCUT2D eigenvalue weighted by molar-refractivity contribution is 7.86. The minimum absolute atomic E-state index is 0.0675. The monoisotopic (exact) mass is 698 g/mol. The Labute approximate surface area is 300 Å². The van der Waals surface area contributed by atoms with E-state index in [9.17, 15) is 8.42 Å². The molecule has 5 aromatic carbocycles. The van der Waals surface area contributed by atoms with E-state index in [1.165, 1.54) is 0 Å². The van der Waals surface area contributed by atoms with Crippen LogP contribution in [0.5, 0.6) is 11.5 Å². The molecular weight excluding hydrogens is 657 g/mol. The van der Waals surface area contributed by atoms with Crippen molar-refractivity contribution >= 4 is 21.2 Å². The zero-order valence-electron chi connectivity index (χ0n) is 29.9. The molecule has 6 aromatic rings. The van der Waals surface area contributed by atoms with E-state index in [0.717, 1.165) is 84.7 Å². The van der Waals surface area contributed by atoms with Crippen molar-refractivity contribution in [3.63, 3.8) is 0 Å². The predicted molar refractivity (Wildman–Crippen MR) is 201 cm³/mol. The highest BCUT2D eigenvalue weighted by Crippen LogP contribution is 2.56. The number of benzene rings is 5. The summed E-state index contributed by atoms with van der Waals surface area (Å²) in [7, 11) is -3.90. The zero-order chi connectivity index (χ0) is 35.9. The number of nitrogens with zero attached hydrogens (tertiary/aromatic N) is 2. The molecule has 1 heterocycles. The maximum Gasteiger partial charge on any atom is 0.297 e. The first-order chi connectivity index (χ1) is 24.5. The van der Waals surface area contributed by atoms with Crippen LogP contribution >= 0.6 is 0 Å².